The van der Waals surface area contributed by atoms with Crippen molar-refractivity contribution in [3.8, 4) is 5.75 Å². The summed E-state index contributed by atoms with van der Waals surface area (Å²) >= 11 is 1.49. The van der Waals surface area contributed by atoms with Gasteiger partial charge in [0.2, 0.25) is 0 Å². The number of hydrogen-bond donors (Lipinski definition) is 2. The fourth-order valence-electron chi connectivity index (χ4n) is 3.29. The lowest BCUT2D eigenvalue weighted by atomic mass is 10.0. The van der Waals surface area contributed by atoms with E-state index in [4.69, 9.17) is 0 Å². The summed E-state index contributed by atoms with van der Waals surface area (Å²) in [5, 5.41) is 14.1. The molecule has 140 valence electrons. The molecule has 0 bridgehead atoms. The van der Waals surface area contributed by atoms with E-state index >= 15 is 0 Å². The van der Waals surface area contributed by atoms with E-state index in [0.717, 1.165) is 21.2 Å². The Labute approximate surface area is 168 Å². The molecule has 0 saturated carbocycles. The van der Waals surface area contributed by atoms with Crippen LogP contribution in [-0.4, -0.2) is 11.0 Å². The third-order valence-electron chi connectivity index (χ3n) is 4.81. The predicted octanol–water partition coefficient (Wildman–Crippen LogP) is 6.07. The number of carbonyl (C=O) groups is 1. The van der Waals surface area contributed by atoms with Crippen molar-refractivity contribution in [2.24, 2.45) is 0 Å². The minimum Gasteiger partial charge on any atom is -0.506 e. The van der Waals surface area contributed by atoms with E-state index in [0.29, 0.717) is 17.0 Å². The van der Waals surface area contributed by atoms with Crippen LogP contribution in [-0.2, 0) is 6.42 Å². The van der Waals surface area contributed by atoms with Crippen molar-refractivity contribution in [2.45, 2.75) is 20.3 Å². The summed E-state index contributed by atoms with van der Waals surface area (Å²) in [6.45, 7) is 3.97. The van der Waals surface area contributed by atoms with Crippen LogP contribution in [0.15, 0.2) is 66.7 Å². The Morgan fingerprint density at radius 2 is 1.68 bits per heavy atom. The lowest BCUT2D eigenvalue weighted by Gasteiger charge is -2.09. The molecule has 0 fully saturated rings. The van der Waals surface area contributed by atoms with E-state index in [1.165, 1.54) is 22.5 Å². The highest BCUT2D eigenvalue weighted by Crippen LogP contribution is 2.34. The van der Waals surface area contributed by atoms with Gasteiger partial charge in [0.1, 0.15) is 5.75 Å². The van der Waals surface area contributed by atoms with E-state index in [2.05, 4.69) is 42.6 Å². The van der Waals surface area contributed by atoms with Crippen LogP contribution in [0.3, 0.4) is 0 Å². The van der Waals surface area contributed by atoms with Crippen molar-refractivity contribution in [3.63, 3.8) is 0 Å². The summed E-state index contributed by atoms with van der Waals surface area (Å²) in [4.78, 5) is 13.8. The molecule has 2 N–H and O–H groups in total. The fourth-order valence-corrected chi connectivity index (χ4v) is 4.41. The second-order valence-corrected chi connectivity index (χ2v) is 8.10. The number of phenols is 1. The van der Waals surface area contributed by atoms with Crippen LogP contribution in [0.2, 0.25) is 0 Å². The van der Waals surface area contributed by atoms with E-state index < -0.39 is 0 Å². The largest absolute Gasteiger partial charge is 0.506 e. The van der Waals surface area contributed by atoms with Gasteiger partial charge in [0.05, 0.1) is 10.6 Å². The lowest BCUT2D eigenvalue weighted by molar-refractivity contribution is 0.102. The van der Waals surface area contributed by atoms with Gasteiger partial charge in [-0.25, -0.2) is 0 Å². The van der Waals surface area contributed by atoms with Crippen LogP contribution in [0.25, 0.3) is 10.1 Å². The second-order valence-electron chi connectivity index (χ2n) is 7.04. The van der Waals surface area contributed by atoms with Gasteiger partial charge in [0, 0.05) is 4.70 Å². The van der Waals surface area contributed by atoms with Gasteiger partial charge in [0.15, 0.2) is 0 Å². The van der Waals surface area contributed by atoms with Gasteiger partial charge in [-0.2, -0.15) is 0 Å². The van der Waals surface area contributed by atoms with E-state index in [9.17, 15) is 9.90 Å². The number of benzene rings is 3. The number of amides is 1. The van der Waals surface area contributed by atoms with Crippen molar-refractivity contribution in [1.82, 2.24) is 0 Å². The van der Waals surface area contributed by atoms with Crippen molar-refractivity contribution in [3.05, 3.63) is 93.9 Å². The number of thiophene rings is 1. The van der Waals surface area contributed by atoms with Gasteiger partial charge >= 0.3 is 0 Å². The number of nitrogens with one attached hydrogen (secondary N) is 1. The molecule has 1 heterocycles. The Hall–Kier alpha value is -3.11. The molecule has 0 unspecified atom stereocenters. The average molecular weight is 388 g/mol. The van der Waals surface area contributed by atoms with Crippen molar-refractivity contribution in [2.75, 3.05) is 5.32 Å². The Morgan fingerprint density at radius 1 is 0.964 bits per heavy atom. The lowest BCUT2D eigenvalue weighted by Crippen LogP contribution is -2.12. The van der Waals surface area contributed by atoms with Crippen LogP contribution in [0.5, 0.6) is 5.75 Å². The van der Waals surface area contributed by atoms with Crippen LogP contribution in [0.1, 0.15) is 31.9 Å². The average Bonchev–Trinajstić information content (AvgIpc) is 3.04. The number of aryl methyl sites for hydroxylation is 2. The molecule has 0 aliphatic heterocycles. The molecule has 1 amide bonds. The molecule has 0 aliphatic rings. The highest BCUT2D eigenvalue weighted by molar-refractivity contribution is 7.21. The molecule has 0 atom stereocenters. The fraction of sp³-hybridized carbons (Fsp3) is 0.125. The monoisotopic (exact) mass is 387 g/mol. The quantitative estimate of drug-likeness (QED) is 0.418. The first-order valence-corrected chi connectivity index (χ1v) is 10.00. The number of carbonyl (C=O) groups excluding carboxylic acids is 1. The Kier molecular flexibility index (Phi) is 4.88. The molecule has 1 aromatic heterocycles. The van der Waals surface area contributed by atoms with Gasteiger partial charge in [-0.05, 0) is 60.5 Å². The van der Waals surface area contributed by atoms with Crippen molar-refractivity contribution in [1.29, 1.82) is 0 Å². The Bertz CT molecular complexity index is 1160. The molecular formula is C24H21NO2S. The summed E-state index contributed by atoms with van der Waals surface area (Å²) in [6.07, 6.45) is 0.687. The SMILES string of the molecule is Cc1ccc(Cc2c(C(=O)Nc3ccc(C)cc3O)sc3ccccc23)cc1. The first-order chi connectivity index (χ1) is 13.5. The molecule has 3 aromatic carbocycles. The molecule has 28 heavy (non-hydrogen) atoms. The van der Waals surface area contributed by atoms with Crippen LogP contribution < -0.4 is 5.32 Å². The minimum absolute atomic E-state index is 0.0783. The topological polar surface area (TPSA) is 49.3 Å². The van der Waals surface area contributed by atoms with Crippen molar-refractivity contribution < 1.29 is 9.90 Å². The summed E-state index contributed by atoms with van der Waals surface area (Å²) in [5.41, 5.74) is 4.77. The van der Waals surface area contributed by atoms with E-state index in [1.54, 1.807) is 12.1 Å². The van der Waals surface area contributed by atoms with Gasteiger partial charge < -0.3 is 10.4 Å². The van der Waals surface area contributed by atoms with Crippen molar-refractivity contribution >= 4 is 33.0 Å². The maximum Gasteiger partial charge on any atom is 0.266 e. The highest BCUT2D eigenvalue weighted by Gasteiger charge is 2.19. The first-order valence-electron chi connectivity index (χ1n) is 9.18. The second kappa shape index (κ2) is 7.49. The Balaban J connectivity index is 1.73. The molecule has 0 aliphatic carbocycles. The third kappa shape index (κ3) is 3.64. The molecule has 0 saturated heterocycles. The number of aromatic hydroxyl groups is 1. The number of phenolic OH excluding ortho intramolecular Hbond substituents is 1. The van der Waals surface area contributed by atoms with Crippen LogP contribution in [0, 0.1) is 13.8 Å². The summed E-state index contributed by atoms with van der Waals surface area (Å²) < 4.78 is 1.09. The number of hydrogen-bond acceptors (Lipinski definition) is 3. The zero-order valence-corrected chi connectivity index (χ0v) is 16.6. The molecule has 0 spiro atoms. The van der Waals surface area contributed by atoms with Gasteiger partial charge in [-0.1, -0.05) is 54.1 Å². The molecule has 4 heteroatoms. The maximum atomic E-state index is 13.1. The van der Waals surface area contributed by atoms with Gasteiger partial charge in [-0.3, -0.25) is 4.79 Å². The number of rotatable bonds is 4. The van der Waals surface area contributed by atoms with E-state index in [-0.39, 0.29) is 11.7 Å². The molecule has 0 radical (unpaired) electrons. The molecule has 4 aromatic rings. The third-order valence-corrected chi connectivity index (χ3v) is 6.02. The van der Waals surface area contributed by atoms with Crippen LogP contribution in [0.4, 0.5) is 5.69 Å². The maximum absolute atomic E-state index is 13.1. The molecular weight excluding hydrogens is 366 g/mol. The Morgan fingerprint density at radius 3 is 2.43 bits per heavy atom. The molecule has 3 nitrogen and oxygen atoms in total. The molecule has 4 rings (SSSR count). The minimum atomic E-state index is -0.192. The number of fused-ring (bicyclic) bond motifs is 1. The zero-order chi connectivity index (χ0) is 19.7. The summed E-state index contributed by atoms with van der Waals surface area (Å²) in [5.74, 6) is -0.114. The van der Waals surface area contributed by atoms with Gasteiger partial charge in [-0.15, -0.1) is 11.3 Å². The summed E-state index contributed by atoms with van der Waals surface area (Å²) in [6, 6.07) is 21.7. The van der Waals surface area contributed by atoms with Gasteiger partial charge in [0.25, 0.3) is 5.91 Å². The highest BCUT2D eigenvalue weighted by atomic mass is 32.1. The smallest absolute Gasteiger partial charge is 0.266 e. The zero-order valence-electron chi connectivity index (χ0n) is 15.8. The van der Waals surface area contributed by atoms with E-state index in [1.807, 2.05) is 31.2 Å². The standard InChI is InChI=1S/C24H21NO2S/c1-15-7-10-17(11-8-15)14-19-18-5-3-4-6-22(18)28-23(19)24(27)25-20-12-9-16(2)13-21(20)26/h3-13,26H,14H2,1-2H3,(H,25,27). The number of anilines is 1. The predicted molar refractivity (Wildman–Crippen MR) is 117 cm³/mol. The normalized spacial score (nSPS) is 10.9. The summed E-state index contributed by atoms with van der Waals surface area (Å²) in [7, 11) is 0. The first kappa shape index (κ1) is 18.3. The van der Waals surface area contributed by atoms with Crippen LogP contribution >= 0.6 is 11.3 Å².